The second kappa shape index (κ2) is 52.1. The van der Waals surface area contributed by atoms with Gasteiger partial charge in [-0.3, -0.25) is 33.6 Å². The summed E-state index contributed by atoms with van der Waals surface area (Å²) in [6.45, 7) is 9.49. The Morgan fingerprint density at radius 1 is 0.318 bits per heavy atom. The first-order valence-electron chi connectivity index (χ1n) is 41.8. The van der Waals surface area contributed by atoms with Crippen LogP contribution in [-0.2, 0) is 79.2 Å². The number of oxime groups is 1. The van der Waals surface area contributed by atoms with Crippen LogP contribution < -0.4 is 0 Å². The van der Waals surface area contributed by atoms with E-state index in [9.17, 15) is 72.5 Å². The monoisotopic (exact) mass is 1790 g/mol. The first-order chi connectivity index (χ1) is 63.1. The average Bonchev–Trinajstić information content (AvgIpc) is 0.845. The zero-order valence-corrected chi connectivity index (χ0v) is 73.6. The van der Waals surface area contributed by atoms with E-state index in [2.05, 4.69) is 5.16 Å². The minimum Gasteiger partial charge on any atom is -0.478 e. The molecule has 12 aromatic rings. The molecule has 1 atom stereocenters. The van der Waals surface area contributed by atoms with E-state index in [-0.39, 0.29) is 164 Å². The van der Waals surface area contributed by atoms with Gasteiger partial charge in [-0.05, 0) is 149 Å². The van der Waals surface area contributed by atoms with Gasteiger partial charge in [0.15, 0.2) is 34.7 Å². The van der Waals surface area contributed by atoms with Gasteiger partial charge in [0.2, 0.25) is 0 Å². The van der Waals surface area contributed by atoms with Gasteiger partial charge in [-0.1, -0.05) is 268 Å². The zero-order chi connectivity index (χ0) is 96.6. The maximum absolute atomic E-state index is 12.4. The van der Waals surface area contributed by atoms with E-state index in [1.807, 2.05) is 123 Å². The summed E-state index contributed by atoms with van der Waals surface area (Å²) in [4.78, 5) is 152. The molecular weight excluding hydrogens is 1680 g/mol. The summed E-state index contributed by atoms with van der Waals surface area (Å²) >= 11 is 0. The van der Waals surface area contributed by atoms with Crippen molar-refractivity contribution in [2.45, 2.75) is 110 Å². The molecule has 0 heterocycles. The third-order valence-corrected chi connectivity index (χ3v) is 20.7. The van der Waals surface area contributed by atoms with Crippen LogP contribution in [0.3, 0.4) is 0 Å². The van der Waals surface area contributed by atoms with E-state index in [0.29, 0.717) is 37.1 Å². The minimum absolute atomic E-state index is 0.00300. The van der Waals surface area contributed by atoms with Crippen molar-refractivity contribution >= 4 is 82.0 Å². The van der Waals surface area contributed by atoms with Gasteiger partial charge >= 0.3 is 35.8 Å². The molecule has 12 rings (SSSR count). The molecule has 0 aliphatic rings. The number of ether oxygens (including phenoxy) is 1. The zero-order valence-electron chi connectivity index (χ0n) is 73.6. The Balaban J connectivity index is 0.000000216. The molecule has 132 heavy (non-hydrogen) atoms. The Kier molecular flexibility index (Phi) is 40.8. The molecule has 10 N–H and O–H groups in total. The predicted molar refractivity (Wildman–Crippen MR) is 498 cm³/mol. The summed E-state index contributed by atoms with van der Waals surface area (Å²) in [5, 5.41) is 94.5. The lowest BCUT2D eigenvalue weighted by atomic mass is 9.85. The SMILES string of the molecule is CC(=NO)c1cccc(CC(=O)c2ccccc2C(=O)O)c1.CC(=O)Cc1ccc(CC(=O)c2ccccc2C(=O)O)cc1.CC(C)(CO)c1ccc(CC(=O)c2ccccc2C(=O)O)cc1.CC(O)Cc1ccc(CC(=O)c2ccccc2C(=O)O)cc1.COCCc1ccc(CC(=O)c2ccccc2C(=O)O)cc1.O=C(O)c1ccccc1C(=O)Cc1ccccc1CCO. The molecule has 12 aromatic carbocycles. The standard InChI is InChI=1S/C19H20O4.C18H18O4.C18H16O4.C18H18O4.C17H15NO4.C17H16O4/c1-19(2,12-20)14-9-7-13(8-10-14)11-17(21)15-5-3-4-6-16(15)18(22)23;2*1-12(19)10-13-6-8-14(9-7-13)11-17(20)15-4-2-3-5-16(15)18(21)22;1-22-11-10-13-6-8-14(9-7-13)12-17(19)15-4-2-3-5-16(15)18(20)21;1-11(18-22)13-6-4-5-12(9-13)10-16(19)14-7-2-3-8-15(14)17(20)21;18-10-9-12-5-1-2-6-13(12)11-16(19)14-7-3-4-8-15(14)17(20)21/h3-10,20H,11-12H2,1-2H3,(H,22,23);2-9,12,19H,10-11H2,1H3,(H,21,22);2-9H,10-11H2,1H3,(H,21,22);2-9H,10-12H2,1H3,(H,20,21);2-9,22H,10H2,1H3,(H,20,21);1-8,18H,9-11H2,(H,20,21). The molecule has 0 aliphatic heterocycles. The van der Waals surface area contributed by atoms with Crippen molar-refractivity contribution in [3.63, 3.8) is 0 Å². The molecule has 0 amide bonds. The highest BCUT2D eigenvalue weighted by molar-refractivity contribution is 6.11. The molecule has 0 bridgehead atoms. The average molecular weight is 1790 g/mol. The van der Waals surface area contributed by atoms with E-state index in [1.54, 1.807) is 136 Å². The van der Waals surface area contributed by atoms with Crippen LogP contribution >= 0.6 is 0 Å². The molecule has 680 valence electrons. The number of aliphatic hydroxyl groups is 3. The van der Waals surface area contributed by atoms with Crippen LogP contribution in [0, 0.1) is 0 Å². The summed E-state index contributed by atoms with van der Waals surface area (Å²) in [5.41, 5.74) is 12.0. The molecule has 0 fully saturated rings. The number of aliphatic hydroxyl groups excluding tert-OH is 3. The number of carbonyl (C=O) groups excluding carboxylic acids is 7. The van der Waals surface area contributed by atoms with Crippen molar-refractivity contribution < 1.29 is 118 Å². The number of aromatic carboxylic acids is 6. The maximum Gasteiger partial charge on any atom is 0.336 e. The highest BCUT2D eigenvalue weighted by Gasteiger charge is 2.25. The highest BCUT2D eigenvalue weighted by Crippen LogP contribution is 2.26. The molecule has 0 radical (unpaired) electrons. The van der Waals surface area contributed by atoms with Gasteiger partial charge in [0.05, 0.1) is 58.4 Å². The van der Waals surface area contributed by atoms with Crippen LogP contribution in [0.1, 0.15) is 226 Å². The van der Waals surface area contributed by atoms with Gasteiger partial charge in [0.25, 0.3) is 0 Å². The Labute approximate surface area is 763 Å². The summed E-state index contributed by atoms with van der Waals surface area (Å²) in [6.07, 6.45) is 2.65. The van der Waals surface area contributed by atoms with Crippen molar-refractivity contribution in [2.24, 2.45) is 5.16 Å². The number of Topliss-reactive ketones (excluding diaryl/α,β-unsaturated/α-hetero) is 7. The number of ketones is 7. The van der Waals surface area contributed by atoms with Gasteiger partial charge in [0.1, 0.15) is 5.78 Å². The number of hydrogen-bond acceptors (Lipinski definition) is 19. The first-order valence-corrected chi connectivity index (χ1v) is 41.8. The first kappa shape index (κ1) is 104. The highest BCUT2D eigenvalue weighted by atomic mass is 16.5. The van der Waals surface area contributed by atoms with Crippen molar-refractivity contribution in [1.29, 1.82) is 0 Å². The van der Waals surface area contributed by atoms with Crippen LogP contribution in [0.15, 0.2) is 296 Å². The molecule has 0 aliphatic carbocycles. The lowest BCUT2D eigenvalue weighted by Crippen LogP contribution is -2.21. The van der Waals surface area contributed by atoms with E-state index >= 15 is 0 Å². The van der Waals surface area contributed by atoms with Crippen LogP contribution in [0.4, 0.5) is 0 Å². The van der Waals surface area contributed by atoms with E-state index < -0.39 is 41.9 Å². The summed E-state index contributed by atoms with van der Waals surface area (Å²) < 4.78 is 5.02. The Morgan fingerprint density at radius 2 is 0.591 bits per heavy atom. The number of carbonyl (C=O) groups is 13. The van der Waals surface area contributed by atoms with Gasteiger partial charge in [0, 0.05) is 97.5 Å². The van der Waals surface area contributed by atoms with Crippen LogP contribution in [0.5, 0.6) is 0 Å². The lowest BCUT2D eigenvalue weighted by molar-refractivity contribution is -0.116. The molecule has 0 aromatic heterocycles. The molecule has 25 heteroatoms. The molecule has 0 saturated heterocycles. The van der Waals surface area contributed by atoms with Gasteiger partial charge in [-0.25, -0.2) is 28.8 Å². The quantitative estimate of drug-likeness (QED) is 0.00754. The molecule has 0 spiro atoms. The number of carboxylic acid groups (broad SMARTS) is 6. The largest absolute Gasteiger partial charge is 0.478 e. The summed E-state index contributed by atoms with van der Waals surface area (Å²) in [5.74, 6) is -7.93. The van der Waals surface area contributed by atoms with Crippen molar-refractivity contribution in [3.05, 3.63) is 425 Å². The second-order valence-electron chi connectivity index (χ2n) is 31.2. The maximum atomic E-state index is 12.4. The molecule has 1 unspecified atom stereocenters. The Bertz CT molecular complexity index is 6090. The van der Waals surface area contributed by atoms with E-state index in [0.717, 1.165) is 67.6 Å². The molecule has 0 saturated carbocycles. The van der Waals surface area contributed by atoms with E-state index in [1.165, 1.54) is 73.7 Å². The van der Waals surface area contributed by atoms with Gasteiger partial charge in [-0.15, -0.1) is 0 Å². The second-order valence-corrected chi connectivity index (χ2v) is 31.2. The lowest BCUT2D eigenvalue weighted by Gasteiger charge is -2.22. The molecular formula is C107H103NO24. The normalized spacial score (nSPS) is 10.9. The Morgan fingerprint density at radius 3 is 0.879 bits per heavy atom. The number of rotatable bonds is 36. The fourth-order valence-electron chi connectivity index (χ4n) is 13.6. The van der Waals surface area contributed by atoms with Gasteiger partial charge < -0.3 is 55.9 Å². The van der Waals surface area contributed by atoms with Crippen LogP contribution in [0.2, 0.25) is 0 Å². The summed E-state index contributed by atoms with van der Waals surface area (Å²) in [6, 6.07) is 81.5. The third kappa shape index (κ3) is 32.3. The fraction of sp³-hybridized carbons (Fsp3) is 0.196. The van der Waals surface area contributed by atoms with Crippen LogP contribution in [0.25, 0.3) is 0 Å². The smallest absolute Gasteiger partial charge is 0.336 e. The topological polar surface area (TPSA) is 446 Å². The fourth-order valence-corrected chi connectivity index (χ4v) is 13.6. The number of carboxylic acids is 6. The number of methoxy groups -OCH3 is 1. The van der Waals surface area contributed by atoms with Crippen molar-refractivity contribution in [2.75, 3.05) is 26.9 Å². The van der Waals surface area contributed by atoms with Crippen molar-refractivity contribution in [3.8, 4) is 0 Å². The molecule has 25 nitrogen and oxygen atoms in total. The Hall–Kier alpha value is -15.5. The van der Waals surface area contributed by atoms with Gasteiger partial charge in [-0.2, -0.15) is 0 Å². The summed E-state index contributed by atoms with van der Waals surface area (Å²) in [7, 11) is 1.66. The third-order valence-electron chi connectivity index (χ3n) is 20.7. The van der Waals surface area contributed by atoms with Crippen LogP contribution in [-0.4, -0.2) is 166 Å². The minimum atomic E-state index is -1.12. The number of benzene rings is 12. The van der Waals surface area contributed by atoms with Crippen molar-refractivity contribution in [1.82, 2.24) is 0 Å². The number of hydrogen-bond donors (Lipinski definition) is 10. The predicted octanol–water partition coefficient (Wildman–Crippen LogP) is 17.1. The number of nitrogens with zero attached hydrogens (tertiary/aromatic N) is 1. The van der Waals surface area contributed by atoms with E-state index in [4.69, 9.17) is 45.7 Å².